The third-order valence-corrected chi connectivity index (χ3v) is 1.60. The van der Waals surface area contributed by atoms with E-state index in [1.54, 1.807) is 0 Å². The molecule has 0 aromatic carbocycles. The zero-order valence-electron chi connectivity index (χ0n) is 7.20. The fourth-order valence-electron chi connectivity index (χ4n) is 0.899. The summed E-state index contributed by atoms with van der Waals surface area (Å²) in [4.78, 5) is 3.78. The van der Waals surface area contributed by atoms with E-state index in [4.69, 9.17) is 15.6 Å². The minimum Gasteiger partial charge on any atom is -0.481 e. The van der Waals surface area contributed by atoms with E-state index < -0.39 is 11.9 Å². The number of hydrogen-bond donors (Lipinski definition) is 2. The van der Waals surface area contributed by atoms with Gasteiger partial charge in [0.2, 0.25) is 5.88 Å². The van der Waals surface area contributed by atoms with E-state index in [0.29, 0.717) is 0 Å². The van der Waals surface area contributed by atoms with Crippen LogP contribution in [-0.4, -0.2) is 23.8 Å². The number of halogens is 1. The molecule has 72 valence electrons. The molecule has 0 saturated heterocycles. The van der Waals surface area contributed by atoms with Gasteiger partial charge in [0, 0.05) is 6.07 Å². The first-order valence-electron chi connectivity index (χ1n) is 3.76. The first-order chi connectivity index (χ1) is 6.19. The Hall–Kier alpha value is -1.20. The van der Waals surface area contributed by atoms with Gasteiger partial charge in [-0.25, -0.2) is 9.37 Å². The van der Waals surface area contributed by atoms with Crippen molar-refractivity contribution >= 4 is 0 Å². The van der Waals surface area contributed by atoms with E-state index in [1.165, 1.54) is 19.2 Å². The smallest absolute Gasteiger partial charge is 0.213 e. The molecule has 3 N–H and O–H groups in total. The lowest BCUT2D eigenvalue weighted by molar-refractivity contribution is 0.261. The van der Waals surface area contributed by atoms with Crippen molar-refractivity contribution in [2.45, 2.75) is 6.04 Å². The minimum absolute atomic E-state index is 0.0156. The van der Waals surface area contributed by atoms with Crippen molar-refractivity contribution in [3.05, 3.63) is 23.6 Å². The molecule has 5 heteroatoms. The van der Waals surface area contributed by atoms with E-state index in [9.17, 15) is 4.39 Å². The van der Waals surface area contributed by atoms with Gasteiger partial charge < -0.3 is 15.6 Å². The van der Waals surface area contributed by atoms with Gasteiger partial charge in [-0.3, -0.25) is 0 Å². The molecule has 1 aromatic heterocycles. The van der Waals surface area contributed by atoms with Gasteiger partial charge in [-0.15, -0.1) is 0 Å². The summed E-state index contributed by atoms with van der Waals surface area (Å²) in [6.45, 7) is -0.350. The van der Waals surface area contributed by atoms with Crippen LogP contribution in [-0.2, 0) is 0 Å². The first kappa shape index (κ1) is 9.88. The average Bonchev–Trinajstić information content (AvgIpc) is 2.17. The van der Waals surface area contributed by atoms with E-state index >= 15 is 0 Å². The number of nitrogens with zero attached hydrogens (tertiary/aromatic N) is 1. The Bertz CT molecular complexity index is 293. The number of aliphatic hydroxyl groups is 1. The molecule has 0 amide bonds. The van der Waals surface area contributed by atoms with Crippen molar-refractivity contribution in [2.24, 2.45) is 5.73 Å². The van der Waals surface area contributed by atoms with Crippen LogP contribution in [0.15, 0.2) is 12.1 Å². The maximum atomic E-state index is 13.0. The van der Waals surface area contributed by atoms with Crippen molar-refractivity contribution in [1.29, 1.82) is 0 Å². The second kappa shape index (κ2) is 4.15. The highest BCUT2D eigenvalue weighted by Crippen LogP contribution is 2.16. The first-order valence-corrected chi connectivity index (χ1v) is 3.76. The number of aromatic nitrogens is 1. The number of ether oxygens (including phenoxy) is 1. The van der Waals surface area contributed by atoms with E-state index in [2.05, 4.69) is 4.98 Å². The maximum absolute atomic E-state index is 13.0. The number of aliphatic hydroxyl groups excluding tert-OH is 1. The summed E-state index contributed by atoms with van der Waals surface area (Å²) in [5.41, 5.74) is 5.43. The van der Waals surface area contributed by atoms with Crippen molar-refractivity contribution < 1.29 is 14.2 Å². The lowest BCUT2D eigenvalue weighted by atomic mass is 10.2. The monoisotopic (exact) mass is 186 g/mol. The molecule has 1 heterocycles. The second-order valence-corrected chi connectivity index (χ2v) is 2.51. The zero-order valence-corrected chi connectivity index (χ0v) is 7.20. The number of rotatable bonds is 3. The Morgan fingerprint density at radius 3 is 2.92 bits per heavy atom. The fraction of sp³-hybridized carbons (Fsp3) is 0.375. The van der Waals surface area contributed by atoms with Crippen LogP contribution in [0.3, 0.4) is 0 Å². The van der Waals surface area contributed by atoms with Gasteiger partial charge in [0.05, 0.1) is 25.5 Å². The number of hydrogen-bond acceptors (Lipinski definition) is 4. The van der Waals surface area contributed by atoms with Gasteiger partial charge in [0.25, 0.3) is 0 Å². The van der Waals surface area contributed by atoms with E-state index in [1.807, 2.05) is 0 Å². The SMILES string of the molecule is COc1ccc(F)c(C(N)CO)n1. The molecule has 0 spiro atoms. The van der Waals surface area contributed by atoms with Crippen molar-refractivity contribution in [2.75, 3.05) is 13.7 Å². The van der Waals surface area contributed by atoms with Crippen molar-refractivity contribution in [1.82, 2.24) is 4.98 Å². The quantitative estimate of drug-likeness (QED) is 0.708. The topological polar surface area (TPSA) is 68.4 Å². The van der Waals surface area contributed by atoms with Gasteiger partial charge in [-0.05, 0) is 6.07 Å². The van der Waals surface area contributed by atoms with Gasteiger partial charge in [0.15, 0.2) is 0 Å². The lowest BCUT2D eigenvalue weighted by Crippen LogP contribution is -2.18. The van der Waals surface area contributed by atoms with Gasteiger partial charge in [0.1, 0.15) is 5.82 Å². The molecule has 0 bridgehead atoms. The van der Waals surface area contributed by atoms with Gasteiger partial charge in [-0.1, -0.05) is 0 Å². The summed E-state index contributed by atoms with van der Waals surface area (Å²) in [5.74, 6) is -0.261. The molecular formula is C8H11FN2O2. The lowest BCUT2D eigenvalue weighted by Gasteiger charge is -2.09. The summed E-state index contributed by atoms with van der Waals surface area (Å²) in [6, 6.07) is 1.79. The molecule has 1 atom stereocenters. The van der Waals surface area contributed by atoms with Crippen LogP contribution in [0.4, 0.5) is 4.39 Å². The average molecular weight is 186 g/mol. The molecule has 1 rings (SSSR count). The summed E-state index contributed by atoms with van der Waals surface area (Å²) < 4.78 is 17.8. The Morgan fingerprint density at radius 2 is 2.38 bits per heavy atom. The Labute approximate surface area is 75.2 Å². The maximum Gasteiger partial charge on any atom is 0.213 e. The largest absolute Gasteiger partial charge is 0.481 e. The predicted molar refractivity (Wildman–Crippen MR) is 44.8 cm³/mol. The van der Waals surface area contributed by atoms with Gasteiger partial charge in [-0.2, -0.15) is 0 Å². The van der Waals surface area contributed by atoms with Crippen LogP contribution in [0, 0.1) is 5.82 Å². The summed E-state index contributed by atoms with van der Waals surface area (Å²) >= 11 is 0. The Balaban J connectivity index is 3.03. The molecule has 1 unspecified atom stereocenters. The fourth-order valence-corrected chi connectivity index (χ4v) is 0.899. The van der Waals surface area contributed by atoms with Gasteiger partial charge >= 0.3 is 0 Å². The molecule has 4 nitrogen and oxygen atoms in total. The van der Waals surface area contributed by atoms with Crippen LogP contribution in [0.5, 0.6) is 5.88 Å². The number of methoxy groups -OCH3 is 1. The molecule has 0 aliphatic carbocycles. The molecule has 0 aliphatic heterocycles. The summed E-state index contributed by atoms with van der Waals surface area (Å²) in [5, 5.41) is 8.70. The standard InChI is InChI=1S/C8H11FN2O2/c1-13-7-3-2-5(9)8(11-7)6(10)4-12/h2-3,6,12H,4,10H2,1H3. The predicted octanol–water partition coefficient (Wildman–Crippen LogP) is 0.221. The zero-order chi connectivity index (χ0) is 9.84. The van der Waals surface area contributed by atoms with Crippen LogP contribution in [0.2, 0.25) is 0 Å². The third-order valence-electron chi connectivity index (χ3n) is 1.60. The Kier molecular flexibility index (Phi) is 3.16. The van der Waals surface area contributed by atoms with Crippen LogP contribution < -0.4 is 10.5 Å². The molecule has 13 heavy (non-hydrogen) atoms. The second-order valence-electron chi connectivity index (χ2n) is 2.51. The molecule has 0 radical (unpaired) electrons. The van der Waals surface area contributed by atoms with Crippen molar-refractivity contribution in [3.8, 4) is 5.88 Å². The number of pyridine rings is 1. The highest BCUT2D eigenvalue weighted by atomic mass is 19.1. The molecular weight excluding hydrogens is 175 g/mol. The Morgan fingerprint density at radius 1 is 1.69 bits per heavy atom. The van der Waals surface area contributed by atoms with Crippen LogP contribution in [0.25, 0.3) is 0 Å². The van der Waals surface area contributed by atoms with Crippen molar-refractivity contribution in [3.63, 3.8) is 0 Å². The van der Waals surface area contributed by atoms with E-state index in [-0.39, 0.29) is 18.2 Å². The summed E-state index contributed by atoms with van der Waals surface area (Å²) in [7, 11) is 1.43. The normalized spacial score (nSPS) is 12.6. The van der Waals surface area contributed by atoms with E-state index in [0.717, 1.165) is 0 Å². The highest BCUT2D eigenvalue weighted by molar-refractivity contribution is 5.19. The molecule has 1 aromatic rings. The minimum atomic E-state index is -0.810. The van der Waals surface area contributed by atoms with Crippen LogP contribution >= 0.6 is 0 Å². The third kappa shape index (κ3) is 2.13. The van der Waals surface area contributed by atoms with Crippen LogP contribution in [0.1, 0.15) is 11.7 Å². The highest BCUT2D eigenvalue weighted by Gasteiger charge is 2.12. The summed E-state index contributed by atoms with van der Waals surface area (Å²) in [6.07, 6.45) is 0. The molecule has 0 aliphatic rings. The molecule has 0 fully saturated rings. The molecule has 0 saturated carbocycles. The number of nitrogens with two attached hydrogens (primary N) is 1.